The second-order valence-corrected chi connectivity index (χ2v) is 2.51. The minimum atomic E-state index is -0.106. The van der Waals surface area contributed by atoms with Crippen LogP contribution in [0.3, 0.4) is 0 Å². The van der Waals surface area contributed by atoms with E-state index >= 15 is 0 Å². The summed E-state index contributed by atoms with van der Waals surface area (Å²) in [6.45, 7) is 6.15. The minimum absolute atomic E-state index is 0.0280. The molecule has 0 aromatic heterocycles. The molecule has 0 bridgehead atoms. The quantitative estimate of drug-likeness (QED) is 0.460. The van der Waals surface area contributed by atoms with Gasteiger partial charge in [0.2, 0.25) is 0 Å². The molecule has 0 aliphatic carbocycles. The summed E-state index contributed by atoms with van der Waals surface area (Å²) in [5.41, 5.74) is 0. The van der Waals surface area contributed by atoms with Crippen molar-refractivity contribution < 1.29 is 9.53 Å². The zero-order valence-corrected chi connectivity index (χ0v) is 7.46. The Bertz CT molecular complexity index is 138. The van der Waals surface area contributed by atoms with Crippen LogP contribution in [0.2, 0.25) is 0 Å². The summed E-state index contributed by atoms with van der Waals surface area (Å²) in [6.07, 6.45) is 4.53. The van der Waals surface area contributed by atoms with E-state index in [9.17, 15) is 4.79 Å². The maximum Gasteiger partial charge on any atom is 0.308 e. The van der Waals surface area contributed by atoms with E-state index < -0.39 is 0 Å². The number of hydrogen-bond acceptors (Lipinski definition) is 2. The number of carbonyl (C=O) groups is 1. The van der Waals surface area contributed by atoms with Crippen molar-refractivity contribution >= 4 is 5.97 Å². The van der Waals surface area contributed by atoms with Crippen molar-refractivity contribution in [1.82, 2.24) is 0 Å². The Morgan fingerprint density at radius 1 is 1.64 bits per heavy atom. The fourth-order valence-corrected chi connectivity index (χ4v) is 0.535. The van der Waals surface area contributed by atoms with Crippen LogP contribution in [0.4, 0.5) is 0 Å². The molecule has 2 heteroatoms. The minimum Gasteiger partial charge on any atom is -0.461 e. The molecule has 0 N–H and O–H groups in total. The van der Waals surface area contributed by atoms with Gasteiger partial charge in [0.15, 0.2) is 0 Å². The molecule has 0 saturated heterocycles. The van der Waals surface area contributed by atoms with Crippen LogP contribution in [-0.4, -0.2) is 12.6 Å². The molecule has 0 rings (SSSR count). The van der Waals surface area contributed by atoms with Crippen LogP contribution in [-0.2, 0) is 9.53 Å². The van der Waals surface area contributed by atoms with Crippen LogP contribution in [0.15, 0.2) is 12.2 Å². The Labute approximate surface area is 68.2 Å². The number of carbonyl (C=O) groups excluding carboxylic acids is 1. The highest BCUT2D eigenvalue weighted by Crippen LogP contribution is 2.02. The molecule has 11 heavy (non-hydrogen) atoms. The molecule has 1 unspecified atom stereocenters. The molecule has 0 aromatic rings. The topological polar surface area (TPSA) is 26.3 Å². The molecule has 0 radical (unpaired) electrons. The summed E-state index contributed by atoms with van der Waals surface area (Å²) >= 11 is 0. The van der Waals surface area contributed by atoms with Gasteiger partial charge in [0.25, 0.3) is 0 Å². The molecule has 0 saturated carbocycles. The predicted molar refractivity (Wildman–Crippen MR) is 45.2 cm³/mol. The lowest BCUT2D eigenvalue weighted by Gasteiger charge is -2.06. The predicted octanol–water partition coefficient (Wildman–Crippen LogP) is 2.15. The van der Waals surface area contributed by atoms with Gasteiger partial charge in [0.1, 0.15) is 6.61 Å². The first-order valence-electron chi connectivity index (χ1n) is 4.00. The Hall–Kier alpha value is -0.790. The Balaban J connectivity index is 3.52. The van der Waals surface area contributed by atoms with Gasteiger partial charge in [-0.05, 0) is 13.3 Å². The van der Waals surface area contributed by atoms with Crippen molar-refractivity contribution in [3.05, 3.63) is 12.2 Å². The number of allylic oxidation sites excluding steroid dienone is 1. The van der Waals surface area contributed by atoms with Crippen molar-refractivity contribution in [2.75, 3.05) is 6.61 Å². The first-order valence-corrected chi connectivity index (χ1v) is 4.00. The molecule has 64 valence electrons. The van der Waals surface area contributed by atoms with Crippen LogP contribution < -0.4 is 0 Å². The number of ether oxygens (including phenoxy) is 1. The third-order valence-corrected chi connectivity index (χ3v) is 1.57. The number of rotatable bonds is 4. The average Bonchev–Trinajstić information content (AvgIpc) is 2.03. The summed E-state index contributed by atoms with van der Waals surface area (Å²) in [5.74, 6) is -0.0779. The van der Waals surface area contributed by atoms with E-state index in [4.69, 9.17) is 4.74 Å². The van der Waals surface area contributed by atoms with E-state index in [2.05, 4.69) is 0 Å². The molecule has 2 nitrogen and oxygen atoms in total. The lowest BCUT2D eigenvalue weighted by molar-refractivity contribution is -0.146. The van der Waals surface area contributed by atoms with E-state index in [-0.39, 0.29) is 11.9 Å². The van der Waals surface area contributed by atoms with Crippen LogP contribution in [0.25, 0.3) is 0 Å². The van der Waals surface area contributed by atoms with Crippen LogP contribution >= 0.6 is 0 Å². The number of hydrogen-bond donors (Lipinski definition) is 0. The van der Waals surface area contributed by atoms with E-state index in [0.717, 1.165) is 6.42 Å². The van der Waals surface area contributed by atoms with E-state index in [1.807, 2.05) is 32.9 Å². The molecular formula is C9H16O2. The van der Waals surface area contributed by atoms with Crippen molar-refractivity contribution in [2.45, 2.75) is 27.2 Å². The number of esters is 1. The fourth-order valence-electron chi connectivity index (χ4n) is 0.535. The molecule has 0 heterocycles. The summed E-state index contributed by atoms with van der Waals surface area (Å²) in [7, 11) is 0. The monoisotopic (exact) mass is 156 g/mol. The van der Waals surface area contributed by atoms with Crippen molar-refractivity contribution in [3.63, 3.8) is 0 Å². The van der Waals surface area contributed by atoms with Gasteiger partial charge in [-0.2, -0.15) is 0 Å². The highest BCUT2D eigenvalue weighted by molar-refractivity contribution is 5.71. The molecule has 0 aliphatic heterocycles. The molecule has 0 aromatic carbocycles. The molecular weight excluding hydrogens is 140 g/mol. The van der Waals surface area contributed by atoms with Gasteiger partial charge in [0.05, 0.1) is 5.92 Å². The van der Waals surface area contributed by atoms with Crippen molar-refractivity contribution in [1.29, 1.82) is 0 Å². The van der Waals surface area contributed by atoms with Gasteiger partial charge < -0.3 is 4.74 Å². The van der Waals surface area contributed by atoms with Gasteiger partial charge in [-0.25, -0.2) is 0 Å². The summed E-state index contributed by atoms with van der Waals surface area (Å²) < 4.78 is 4.91. The van der Waals surface area contributed by atoms with E-state index in [1.165, 1.54) is 0 Å². The zero-order chi connectivity index (χ0) is 8.69. The van der Waals surface area contributed by atoms with Gasteiger partial charge in [-0.15, -0.1) is 0 Å². The molecule has 1 atom stereocenters. The molecule has 0 spiro atoms. The SMILES string of the molecule is CC=CCOC(=O)C(C)CC. The Kier molecular flexibility index (Phi) is 5.53. The van der Waals surface area contributed by atoms with E-state index in [0.29, 0.717) is 6.61 Å². The highest BCUT2D eigenvalue weighted by atomic mass is 16.5. The maximum atomic E-state index is 11.0. The summed E-state index contributed by atoms with van der Waals surface area (Å²) in [4.78, 5) is 11.0. The zero-order valence-electron chi connectivity index (χ0n) is 7.46. The standard InChI is InChI=1S/C9H16O2/c1-4-6-7-11-9(10)8(3)5-2/h4,6,8H,5,7H2,1-3H3. The fraction of sp³-hybridized carbons (Fsp3) is 0.667. The van der Waals surface area contributed by atoms with Gasteiger partial charge in [-0.1, -0.05) is 26.0 Å². The Morgan fingerprint density at radius 2 is 2.27 bits per heavy atom. The van der Waals surface area contributed by atoms with Crippen LogP contribution in [0.1, 0.15) is 27.2 Å². The second-order valence-electron chi connectivity index (χ2n) is 2.51. The first kappa shape index (κ1) is 10.2. The lowest BCUT2D eigenvalue weighted by atomic mass is 10.1. The van der Waals surface area contributed by atoms with Crippen LogP contribution in [0.5, 0.6) is 0 Å². The summed E-state index contributed by atoms with van der Waals surface area (Å²) in [5, 5.41) is 0. The first-order chi connectivity index (χ1) is 5.22. The Morgan fingerprint density at radius 3 is 2.73 bits per heavy atom. The summed E-state index contributed by atoms with van der Waals surface area (Å²) in [6, 6.07) is 0. The van der Waals surface area contributed by atoms with Gasteiger partial charge >= 0.3 is 5.97 Å². The normalized spacial score (nSPS) is 13.4. The van der Waals surface area contributed by atoms with Crippen molar-refractivity contribution in [3.8, 4) is 0 Å². The smallest absolute Gasteiger partial charge is 0.308 e. The third kappa shape index (κ3) is 4.59. The molecule has 0 amide bonds. The van der Waals surface area contributed by atoms with Crippen molar-refractivity contribution in [2.24, 2.45) is 5.92 Å². The van der Waals surface area contributed by atoms with Gasteiger partial charge in [-0.3, -0.25) is 4.79 Å². The highest BCUT2D eigenvalue weighted by Gasteiger charge is 2.09. The molecule has 0 fully saturated rings. The molecule has 0 aliphatic rings. The van der Waals surface area contributed by atoms with Gasteiger partial charge in [0, 0.05) is 0 Å². The largest absolute Gasteiger partial charge is 0.461 e. The van der Waals surface area contributed by atoms with E-state index in [1.54, 1.807) is 0 Å². The lowest BCUT2D eigenvalue weighted by Crippen LogP contribution is -2.13. The maximum absolute atomic E-state index is 11.0. The third-order valence-electron chi connectivity index (χ3n) is 1.57. The average molecular weight is 156 g/mol. The van der Waals surface area contributed by atoms with Crippen LogP contribution in [0, 0.1) is 5.92 Å². The second kappa shape index (κ2) is 5.96.